The summed E-state index contributed by atoms with van der Waals surface area (Å²) in [5.41, 5.74) is 3.52. The van der Waals surface area contributed by atoms with Crippen LogP contribution in [0.1, 0.15) is 37.4 Å². The third kappa shape index (κ3) is 6.37. The summed E-state index contributed by atoms with van der Waals surface area (Å²) in [6, 6.07) is 11.5. The molecule has 1 atom stereocenters. The highest BCUT2D eigenvalue weighted by Gasteiger charge is 2.41. The van der Waals surface area contributed by atoms with E-state index in [4.69, 9.17) is 4.74 Å². The molecule has 3 N–H and O–H groups in total. The third-order valence-corrected chi connectivity index (χ3v) is 8.42. The molecule has 38 heavy (non-hydrogen) atoms. The number of hydrogen-bond donors (Lipinski definition) is 3. The molecule has 9 nitrogen and oxygen atoms in total. The molecule has 1 saturated heterocycles. The van der Waals surface area contributed by atoms with E-state index in [0.717, 1.165) is 52.6 Å². The minimum absolute atomic E-state index is 0.374. The van der Waals surface area contributed by atoms with Crippen molar-refractivity contribution in [3.8, 4) is 5.75 Å². The molecule has 0 bridgehead atoms. The van der Waals surface area contributed by atoms with Gasteiger partial charge in [0, 0.05) is 43.5 Å². The molecule has 10 heteroatoms. The van der Waals surface area contributed by atoms with E-state index in [2.05, 4.69) is 14.9 Å². The van der Waals surface area contributed by atoms with Gasteiger partial charge in [-0.05, 0) is 69.1 Å². The first-order valence-electron chi connectivity index (χ1n) is 12.9. The van der Waals surface area contributed by atoms with Gasteiger partial charge in [-0.2, -0.15) is 0 Å². The predicted octanol–water partition coefficient (Wildman–Crippen LogP) is 3.90. The Balaban J connectivity index is 1.45. The number of carbonyl (C=O) groups is 1. The molecule has 1 fully saturated rings. The number of pyridine rings is 2. The molecule has 2 aromatic heterocycles. The summed E-state index contributed by atoms with van der Waals surface area (Å²) in [5, 5.41) is 22.9. The smallest absolute Gasteiger partial charge is 0.249 e. The number of hydroxylamine groups is 1. The SMILES string of the molecule is COc1ccc2ncc(N(C)C)c([C@H](O)CCC3(C(=O)NO)CCN(CCSc4ccccn4)CC3)c2c1. The zero-order valence-corrected chi connectivity index (χ0v) is 23.1. The third-order valence-electron chi connectivity index (χ3n) is 7.50. The van der Waals surface area contributed by atoms with Crippen LogP contribution < -0.4 is 15.1 Å². The van der Waals surface area contributed by atoms with Crippen molar-refractivity contribution in [1.82, 2.24) is 20.3 Å². The molecule has 3 aromatic rings. The summed E-state index contributed by atoms with van der Waals surface area (Å²) in [5.74, 6) is 1.23. The normalized spacial score (nSPS) is 16.2. The number of aliphatic hydroxyl groups is 1. The second-order valence-corrected chi connectivity index (χ2v) is 11.1. The van der Waals surface area contributed by atoms with Gasteiger partial charge in [-0.3, -0.25) is 15.0 Å². The van der Waals surface area contributed by atoms with Crippen LogP contribution in [0.2, 0.25) is 0 Å². The number of hydrogen-bond acceptors (Lipinski definition) is 9. The number of anilines is 1. The van der Waals surface area contributed by atoms with Gasteiger partial charge in [-0.1, -0.05) is 6.07 Å². The maximum absolute atomic E-state index is 12.9. The van der Waals surface area contributed by atoms with E-state index >= 15 is 0 Å². The number of aliphatic hydroxyl groups excluding tert-OH is 1. The number of aromatic nitrogens is 2. The van der Waals surface area contributed by atoms with Crippen LogP contribution in [0.15, 0.2) is 53.8 Å². The van der Waals surface area contributed by atoms with Gasteiger partial charge in [-0.25, -0.2) is 10.5 Å². The fraction of sp³-hybridized carbons (Fsp3) is 0.464. The number of amides is 1. The average Bonchev–Trinajstić information content (AvgIpc) is 2.95. The highest BCUT2D eigenvalue weighted by Crippen LogP contribution is 2.41. The number of rotatable bonds is 11. The molecule has 0 spiro atoms. The Kier molecular flexibility index (Phi) is 9.43. The van der Waals surface area contributed by atoms with Crippen molar-refractivity contribution in [3.63, 3.8) is 0 Å². The first-order valence-corrected chi connectivity index (χ1v) is 13.9. The Hall–Kier alpha value is -2.92. The van der Waals surface area contributed by atoms with Crippen LogP contribution in [0.25, 0.3) is 10.9 Å². The number of nitrogens with one attached hydrogen (secondary N) is 1. The van der Waals surface area contributed by atoms with Gasteiger partial charge in [0.05, 0.1) is 41.1 Å². The standard InChI is InChI=1S/C28H37N5O4S/c1-32(2)23-19-30-22-8-7-20(37-3)18-21(22)26(23)24(34)9-10-28(27(35)31-36)11-14-33(15-12-28)16-17-38-25-6-4-5-13-29-25/h4-8,13,18-19,24,34,36H,9-12,14-17H2,1-3H3,(H,31,35)/t24-/m1/s1. The van der Waals surface area contributed by atoms with Crippen molar-refractivity contribution >= 4 is 34.3 Å². The Morgan fingerprint density at radius 2 is 2.03 bits per heavy atom. The monoisotopic (exact) mass is 539 g/mol. The van der Waals surface area contributed by atoms with Gasteiger partial charge in [0.15, 0.2) is 0 Å². The highest BCUT2D eigenvalue weighted by molar-refractivity contribution is 7.99. The van der Waals surface area contributed by atoms with Crippen LogP contribution in [0, 0.1) is 5.41 Å². The topological polar surface area (TPSA) is 111 Å². The molecule has 3 heterocycles. The first kappa shape index (κ1) is 28.1. The second kappa shape index (κ2) is 12.8. The molecular formula is C28H37N5O4S. The number of benzene rings is 1. The Bertz CT molecular complexity index is 1220. The molecule has 0 aliphatic carbocycles. The van der Waals surface area contributed by atoms with E-state index in [0.29, 0.717) is 31.4 Å². The van der Waals surface area contributed by atoms with Gasteiger partial charge >= 0.3 is 0 Å². The van der Waals surface area contributed by atoms with Crippen LogP contribution in [-0.2, 0) is 4.79 Å². The van der Waals surface area contributed by atoms with Crippen molar-refractivity contribution in [2.24, 2.45) is 5.41 Å². The van der Waals surface area contributed by atoms with Crippen molar-refractivity contribution in [2.45, 2.75) is 36.8 Å². The lowest BCUT2D eigenvalue weighted by molar-refractivity contribution is -0.143. The lowest BCUT2D eigenvalue weighted by atomic mass is 9.73. The Labute approximate surface area is 228 Å². The Morgan fingerprint density at radius 3 is 2.68 bits per heavy atom. The molecule has 0 unspecified atom stereocenters. The van der Waals surface area contributed by atoms with E-state index in [1.54, 1.807) is 31.3 Å². The van der Waals surface area contributed by atoms with Crippen molar-refractivity contribution in [3.05, 3.63) is 54.4 Å². The van der Waals surface area contributed by atoms with Gasteiger partial charge in [0.25, 0.3) is 0 Å². The van der Waals surface area contributed by atoms with E-state index in [9.17, 15) is 15.1 Å². The largest absolute Gasteiger partial charge is 0.497 e. The molecule has 1 amide bonds. The summed E-state index contributed by atoms with van der Waals surface area (Å²) in [6.45, 7) is 2.41. The van der Waals surface area contributed by atoms with Crippen molar-refractivity contribution < 1.29 is 19.8 Å². The fourth-order valence-corrected chi connectivity index (χ4v) is 6.07. The molecule has 0 saturated carbocycles. The van der Waals surface area contributed by atoms with Crippen molar-refractivity contribution in [2.75, 3.05) is 51.5 Å². The predicted molar refractivity (Wildman–Crippen MR) is 150 cm³/mol. The molecule has 1 aromatic carbocycles. The number of nitrogens with zero attached hydrogens (tertiary/aromatic N) is 4. The zero-order chi connectivity index (χ0) is 27.1. The molecule has 1 aliphatic heterocycles. The van der Waals surface area contributed by atoms with Crippen LogP contribution in [0.5, 0.6) is 5.75 Å². The summed E-state index contributed by atoms with van der Waals surface area (Å²) >= 11 is 1.72. The fourth-order valence-electron chi connectivity index (χ4n) is 5.20. The van der Waals surface area contributed by atoms with Crippen LogP contribution >= 0.6 is 11.8 Å². The van der Waals surface area contributed by atoms with E-state index in [1.165, 1.54) is 0 Å². The van der Waals surface area contributed by atoms with Gasteiger partial charge in [-0.15, -0.1) is 11.8 Å². The number of thioether (sulfide) groups is 1. The van der Waals surface area contributed by atoms with Crippen LogP contribution in [-0.4, -0.2) is 77.7 Å². The number of ether oxygens (including phenoxy) is 1. The van der Waals surface area contributed by atoms with Crippen LogP contribution in [0.4, 0.5) is 5.69 Å². The zero-order valence-electron chi connectivity index (χ0n) is 22.3. The van der Waals surface area contributed by atoms with E-state index in [-0.39, 0.29) is 5.91 Å². The molecule has 0 radical (unpaired) electrons. The maximum Gasteiger partial charge on any atom is 0.249 e. The molecule has 4 rings (SSSR count). The second-order valence-electron chi connectivity index (χ2n) is 9.97. The minimum Gasteiger partial charge on any atom is -0.497 e. The van der Waals surface area contributed by atoms with Crippen molar-refractivity contribution in [1.29, 1.82) is 0 Å². The number of piperidine rings is 1. The summed E-state index contributed by atoms with van der Waals surface area (Å²) in [4.78, 5) is 26.1. The molecular weight excluding hydrogens is 502 g/mol. The molecule has 204 valence electrons. The summed E-state index contributed by atoms with van der Waals surface area (Å²) in [7, 11) is 5.45. The highest BCUT2D eigenvalue weighted by atomic mass is 32.2. The number of likely N-dealkylation sites (tertiary alicyclic amines) is 1. The van der Waals surface area contributed by atoms with E-state index < -0.39 is 11.5 Å². The first-order chi connectivity index (χ1) is 18.4. The van der Waals surface area contributed by atoms with Gasteiger partial charge in [0.1, 0.15) is 5.75 Å². The van der Waals surface area contributed by atoms with Crippen LogP contribution in [0.3, 0.4) is 0 Å². The molecule has 1 aliphatic rings. The van der Waals surface area contributed by atoms with Gasteiger partial charge < -0.3 is 19.6 Å². The number of fused-ring (bicyclic) bond motifs is 1. The number of carbonyl (C=O) groups excluding carboxylic acids is 1. The quantitative estimate of drug-likeness (QED) is 0.190. The summed E-state index contributed by atoms with van der Waals surface area (Å²) < 4.78 is 5.42. The Morgan fingerprint density at radius 1 is 1.24 bits per heavy atom. The maximum atomic E-state index is 12.9. The number of methoxy groups -OCH3 is 1. The lowest BCUT2D eigenvalue weighted by Crippen LogP contribution is -2.48. The van der Waals surface area contributed by atoms with Gasteiger partial charge in [0.2, 0.25) is 5.91 Å². The lowest BCUT2D eigenvalue weighted by Gasteiger charge is -2.40. The summed E-state index contributed by atoms with van der Waals surface area (Å²) in [6.07, 6.45) is 4.81. The minimum atomic E-state index is -0.818. The van der Waals surface area contributed by atoms with E-state index in [1.807, 2.05) is 60.9 Å². The average molecular weight is 540 g/mol.